The van der Waals surface area contributed by atoms with Crippen molar-refractivity contribution >= 4 is 40.4 Å². The Morgan fingerprint density at radius 3 is 2.96 bits per heavy atom. The second-order valence-corrected chi connectivity index (χ2v) is 8.17. The topological polar surface area (TPSA) is 45.2 Å². The predicted octanol–water partition coefficient (Wildman–Crippen LogP) is 4.54. The Kier molecular flexibility index (Phi) is 6.34. The van der Waals surface area contributed by atoms with E-state index < -0.39 is 0 Å². The molecule has 1 saturated heterocycles. The first kappa shape index (κ1) is 18.6. The van der Waals surface area contributed by atoms with E-state index in [0.717, 1.165) is 43.0 Å². The van der Waals surface area contributed by atoms with Crippen LogP contribution in [0.25, 0.3) is 0 Å². The zero-order valence-corrected chi connectivity index (χ0v) is 16.4. The summed E-state index contributed by atoms with van der Waals surface area (Å²) in [5.74, 6) is 0.341. The lowest BCUT2D eigenvalue weighted by Crippen LogP contribution is -2.42. The van der Waals surface area contributed by atoms with Crippen LogP contribution in [0.3, 0.4) is 0 Å². The molecular weight excluding hydrogens is 377 g/mol. The summed E-state index contributed by atoms with van der Waals surface area (Å²) in [6.07, 6.45) is 3.99. The molecule has 25 heavy (non-hydrogen) atoms. The van der Waals surface area contributed by atoms with Crippen molar-refractivity contribution in [1.29, 1.82) is 0 Å². The van der Waals surface area contributed by atoms with Gasteiger partial charge < -0.3 is 5.32 Å². The average molecular weight is 398 g/mol. The number of aromatic nitrogens is 1. The Balaban J connectivity index is 1.70. The van der Waals surface area contributed by atoms with Gasteiger partial charge in [-0.05, 0) is 43.0 Å². The fourth-order valence-corrected chi connectivity index (χ4v) is 4.49. The number of nitrogens with one attached hydrogen (secondary N) is 1. The number of nitrogens with zero attached hydrogens (tertiary/aromatic N) is 2. The predicted molar refractivity (Wildman–Crippen MR) is 103 cm³/mol. The van der Waals surface area contributed by atoms with Crippen LogP contribution in [-0.4, -0.2) is 28.9 Å². The van der Waals surface area contributed by atoms with Gasteiger partial charge in [-0.1, -0.05) is 29.3 Å². The first-order valence-corrected chi connectivity index (χ1v) is 9.99. The summed E-state index contributed by atoms with van der Waals surface area (Å²) in [7, 11) is 0. The fourth-order valence-electron chi connectivity index (χ4n) is 3.39. The second-order valence-electron chi connectivity index (χ2n) is 6.43. The van der Waals surface area contributed by atoms with Crippen molar-refractivity contribution in [3.05, 3.63) is 50.4 Å². The molecule has 1 aromatic carbocycles. The van der Waals surface area contributed by atoms with Crippen molar-refractivity contribution < 1.29 is 4.79 Å². The molecule has 4 nitrogen and oxygen atoms in total. The van der Waals surface area contributed by atoms with Crippen LogP contribution >= 0.6 is 34.5 Å². The van der Waals surface area contributed by atoms with E-state index in [1.54, 1.807) is 24.5 Å². The lowest BCUT2D eigenvalue weighted by molar-refractivity contribution is -0.120. The summed E-state index contributed by atoms with van der Waals surface area (Å²) in [4.78, 5) is 18.5. The quantitative estimate of drug-likeness (QED) is 0.805. The molecule has 1 aromatic heterocycles. The van der Waals surface area contributed by atoms with Crippen LogP contribution < -0.4 is 5.32 Å². The van der Waals surface area contributed by atoms with Gasteiger partial charge in [-0.25, -0.2) is 4.98 Å². The van der Waals surface area contributed by atoms with Gasteiger partial charge in [0.05, 0.1) is 16.1 Å². The zero-order valence-electron chi connectivity index (χ0n) is 14.0. The van der Waals surface area contributed by atoms with Crippen LogP contribution in [-0.2, 0) is 11.3 Å². The molecule has 3 rings (SSSR count). The van der Waals surface area contributed by atoms with E-state index in [9.17, 15) is 4.79 Å². The van der Waals surface area contributed by atoms with Gasteiger partial charge in [-0.3, -0.25) is 9.69 Å². The Labute approximate surface area is 162 Å². The maximum absolute atomic E-state index is 11.7. The van der Waals surface area contributed by atoms with Crippen LogP contribution in [0.1, 0.15) is 36.4 Å². The lowest BCUT2D eigenvalue weighted by Gasteiger charge is -2.36. The van der Waals surface area contributed by atoms with E-state index in [1.807, 2.05) is 23.6 Å². The number of amides is 1. The molecule has 0 spiro atoms. The van der Waals surface area contributed by atoms with Crippen molar-refractivity contribution in [2.45, 2.75) is 32.4 Å². The summed E-state index contributed by atoms with van der Waals surface area (Å²) < 4.78 is 0. The minimum absolute atomic E-state index is 0.0122. The first-order valence-electron chi connectivity index (χ1n) is 8.35. The van der Waals surface area contributed by atoms with Gasteiger partial charge >= 0.3 is 0 Å². The number of carbonyl (C=O) groups excluding carboxylic acids is 1. The number of benzene rings is 1. The third-order valence-electron chi connectivity index (χ3n) is 4.48. The largest absolute Gasteiger partial charge is 0.347 e. The Hall–Kier alpha value is -1.14. The Bertz CT molecular complexity index is 723. The minimum atomic E-state index is -0.0193. The summed E-state index contributed by atoms with van der Waals surface area (Å²) in [6.45, 7) is 4.36. The van der Waals surface area contributed by atoms with Gasteiger partial charge in [0.15, 0.2) is 0 Å². The second kappa shape index (κ2) is 8.49. The highest BCUT2D eigenvalue weighted by Crippen LogP contribution is 2.32. The van der Waals surface area contributed by atoms with Gasteiger partial charge in [0.25, 0.3) is 0 Å². The number of thiazole rings is 1. The maximum Gasteiger partial charge on any atom is 0.217 e. The first-order chi connectivity index (χ1) is 12.0. The minimum Gasteiger partial charge on any atom is -0.347 e. The molecule has 0 radical (unpaired) electrons. The highest BCUT2D eigenvalue weighted by atomic mass is 35.5. The molecule has 0 bridgehead atoms. The molecule has 2 aromatic rings. The van der Waals surface area contributed by atoms with Crippen molar-refractivity contribution in [3.8, 4) is 0 Å². The van der Waals surface area contributed by atoms with Crippen molar-refractivity contribution in [1.82, 2.24) is 15.2 Å². The molecule has 1 aliphatic rings. The van der Waals surface area contributed by atoms with Crippen molar-refractivity contribution in [3.63, 3.8) is 0 Å². The third-order valence-corrected chi connectivity index (χ3v) is 6.08. The summed E-state index contributed by atoms with van der Waals surface area (Å²) >= 11 is 13.7. The maximum atomic E-state index is 11.7. The van der Waals surface area contributed by atoms with Crippen LogP contribution in [0.2, 0.25) is 10.0 Å². The molecule has 7 heteroatoms. The molecule has 1 fully saturated rings. The van der Waals surface area contributed by atoms with Gasteiger partial charge in [0, 0.05) is 31.6 Å². The summed E-state index contributed by atoms with van der Waals surface area (Å²) in [5, 5.41) is 7.21. The van der Waals surface area contributed by atoms with Gasteiger partial charge in [0.2, 0.25) is 5.91 Å². The molecule has 0 aliphatic carbocycles. The van der Waals surface area contributed by atoms with E-state index in [0.29, 0.717) is 16.0 Å². The van der Waals surface area contributed by atoms with E-state index in [-0.39, 0.29) is 11.9 Å². The van der Waals surface area contributed by atoms with Crippen molar-refractivity contribution in [2.24, 2.45) is 5.92 Å². The number of hydrogen-bond acceptors (Lipinski definition) is 4. The molecular formula is C18H21Cl2N3OS. The van der Waals surface area contributed by atoms with Crippen LogP contribution in [0.15, 0.2) is 29.8 Å². The molecule has 2 unspecified atom stereocenters. The molecule has 1 aliphatic heterocycles. The molecule has 134 valence electrons. The highest BCUT2D eigenvalue weighted by molar-refractivity contribution is 7.09. The van der Waals surface area contributed by atoms with Gasteiger partial charge in [0.1, 0.15) is 5.01 Å². The van der Waals surface area contributed by atoms with E-state index in [2.05, 4.69) is 15.2 Å². The molecule has 0 saturated carbocycles. The van der Waals surface area contributed by atoms with Crippen LogP contribution in [0.4, 0.5) is 0 Å². The van der Waals surface area contributed by atoms with Crippen LogP contribution in [0, 0.1) is 5.92 Å². The number of likely N-dealkylation sites (tertiary alicyclic amines) is 1. The van der Waals surface area contributed by atoms with Crippen molar-refractivity contribution in [2.75, 3.05) is 13.1 Å². The molecule has 1 N–H and O–H groups in total. The smallest absolute Gasteiger partial charge is 0.217 e. The molecule has 1 amide bonds. The number of piperidine rings is 1. The van der Waals surface area contributed by atoms with Crippen LogP contribution in [0.5, 0.6) is 0 Å². The Morgan fingerprint density at radius 1 is 1.44 bits per heavy atom. The summed E-state index contributed by atoms with van der Waals surface area (Å²) in [6, 6.07) is 5.77. The monoisotopic (exact) mass is 397 g/mol. The van der Waals surface area contributed by atoms with Gasteiger partial charge in [-0.15, -0.1) is 11.3 Å². The SMILES string of the molecule is CC(=O)NC(c1nccs1)C1CCCN(Cc2ccc(Cl)c(Cl)c2)C1. The van der Waals surface area contributed by atoms with E-state index in [4.69, 9.17) is 23.2 Å². The van der Waals surface area contributed by atoms with Gasteiger partial charge in [-0.2, -0.15) is 0 Å². The molecule has 2 heterocycles. The molecule has 2 atom stereocenters. The lowest BCUT2D eigenvalue weighted by atomic mass is 9.90. The average Bonchev–Trinajstić information content (AvgIpc) is 3.10. The number of hydrogen-bond donors (Lipinski definition) is 1. The number of rotatable bonds is 5. The zero-order chi connectivity index (χ0) is 17.8. The van der Waals surface area contributed by atoms with E-state index >= 15 is 0 Å². The standard InChI is InChI=1S/C18H21Cl2N3OS/c1-12(24)22-17(18-21-6-8-25-18)14-3-2-7-23(11-14)10-13-4-5-15(19)16(20)9-13/h4-6,8-9,14,17H,2-3,7,10-11H2,1H3,(H,22,24). The number of carbonyl (C=O) groups is 1. The number of halogens is 2. The fraction of sp³-hybridized carbons (Fsp3) is 0.444. The normalized spacial score (nSPS) is 19.6. The third kappa shape index (κ3) is 4.94. The summed E-state index contributed by atoms with van der Waals surface area (Å²) in [5.41, 5.74) is 1.15. The van der Waals surface area contributed by atoms with E-state index in [1.165, 1.54) is 0 Å². The Morgan fingerprint density at radius 2 is 2.28 bits per heavy atom. The highest BCUT2D eigenvalue weighted by Gasteiger charge is 2.30.